The third-order valence-electron chi connectivity index (χ3n) is 5.78. The largest absolute Gasteiger partial charge is 0.446 e. The van der Waals surface area contributed by atoms with Crippen molar-refractivity contribution >= 4 is 12.0 Å². The Bertz CT molecular complexity index is 788. The number of amides is 2. The highest BCUT2D eigenvalue weighted by Crippen LogP contribution is 2.32. The molecule has 2 unspecified atom stereocenters. The van der Waals surface area contributed by atoms with Gasteiger partial charge >= 0.3 is 12.3 Å². The van der Waals surface area contributed by atoms with Gasteiger partial charge in [0, 0.05) is 18.3 Å². The van der Waals surface area contributed by atoms with Crippen LogP contribution in [0.1, 0.15) is 51.6 Å². The quantitative estimate of drug-likeness (QED) is 0.461. The smallest absolute Gasteiger partial charge is 0.408 e. The van der Waals surface area contributed by atoms with Gasteiger partial charge in [-0.05, 0) is 44.9 Å². The summed E-state index contributed by atoms with van der Waals surface area (Å²) in [6, 6.07) is 0.179. The summed E-state index contributed by atoms with van der Waals surface area (Å²) >= 11 is 0. The molecule has 1 aromatic rings. The summed E-state index contributed by atoms with van der Waals surface area (Å²) in [4.78, 5) is 24.1. The highest BCUT2D eigenvalue weighted by molar-refractivity contribution is 5.78. The van der Waals surface area contributed by atoms with Gasteiger partial charge in [-0.3, -0.25) is 10.2 Å². The molecule has 2 heterocycles. The number of aromatic nitrogens is 3. The van der Waals surface area contributed by atoms with Crippen LogP contribution in [0.25, 0.3) is 0 Å². The molecule has 4 N–H and O–H groups in total. The van der Waals surface area contributed by atoms with Gasteiger partial charge in [0.1, 0.15) is 12.6 Å². The lowest BCUT2D eigenvalue weighted by molar-refractivity contribution is -0.142. The number of nitrogens with zero attached hydrogens (tertiary/aromatic N) is 3. The number of carbonyl (C=O) groups is 2. The van der Waals surface area contributed by atoms with Gasteiger partial charge in [0.25, 0.3) is 0 Å². The molecule has 1 saturated carbocycles. The zero-order valence-electron chi connectivity index (χ0n) is 18.1. The van der Waals surface area contributed by atoms with E-state index in [0.717, 1.165) is 31.9 Å². The van der Waals surface area contributed by atoms with E-state index in [-0.39, 0.29) is 48.5 Å². The summed E-state index contributed by atoms with van der Waals surface area (Å²) < 4.78 is 43.3. The molecule has 0 bridgehead atoms. The number of hydrogen-bond donors (Lipinski definition) is 4. The minimum atomic E-state index is -4.40. The molecule has 1 aliphatic carbocycles. The topological polar surface area (TPSA) is 122 Å². The minimum absolute atomic E-state index is 0.0685. The molecule has 13 heteroatoms. The predicted molar refractivity (Wildman–Crippen MR) is 107 cm³/mol. The molecule has 10 nitrogen and oxygen atoms in total. The average molecular weight is 461 g/mol. The maximum absolute atomic E-state index is 12.4. The van der Waals surface area contributed by atoms with Crippen molar-refractivity contribution in [3.05, 3.63) is 11.9 Å². The number of halogens is 3. The third-order valence-corrected chi connectivity index (χ3v) is 5.78. The van der Waals surface area contributed by atoms with Gasteiger partial charge < -0.3 is 15.4 Å². The molecule has 5 atom stereocenters. The van der Waals surface area contributed by atoms with Crippen molar-refractivity contribution in [3.8, 4) is 0 Å². The van der Waals surface area contributed by atoms with E-state index in [2.05, 4.69) is 31.8 Å². The molecule has 0 spiro atoms. The summed E-state index contributed by atoms with van der Waals surface area (Å²) in [6.45, 7) is 2.66. The van der Waals surface area contributed by atoms with E-state index in [1.165, 1.54) is 0 Å². The fraction of sp³-hybridized carbons (Fsp3) is 0.789. The Morgan fingerprint density at radius 3 is 2.81 bits per heavy atom. The standard InChI is InChI=1S/C19H30F3N7O3/c1-3-11(2)23-18(31)32-14-5-4-12(6-14)15-8-16(27-26-15)24-17(30)7-13-9-29(28-25-13)10-19(20,21)22/h9,11-12,14-16,26-27H,3-8,10H2,1-2H3,(H,23,31)(H,24,30)/t11-,12-,14+,15?,16?/m0/s1. The molecular formula is C19H30F3N7O3. The number of rotatable bonds is 8. The van der Waals surface area contributed by atoms with Gasteiger partial charge in [-0.2, -0.15) is 13.2 Å². The SMILES string of the molecule is CC[C@H](C)NC(=O)O[C@@H]1CC[C@H](C2CC(NC(=O)Cc3cn(CC(F)(F)F)nn3)NN2)C1. The number of nitrogens with one attached hydrogen (secondary N) is 4. The van der Waals surface area contributed by atoms with Crippen molar-refractivity contribution in [1.82, 2.24) is 36.5 Å². The van der Waals surface area contributed by atoms with Crippen molar-refractivity contribution in [2.24, 2.45) is 5.92 Å². The maximum Gasteiger partial charge on any atom is 0.408 e. The van der Waals surface area contributed by atoms with Crippen molar-refractivity contribution in [3.63, 3.8) is 0 Å². The Kier molecular flexibility index (Phi) is 7.93. The number of hydrogen-bond acceptors (Lipinski definition) is 7. The van der Waals surface area contributed by atoms with E-state index >= 15 is 0 Å². The van der Waals surface area contributed by atoms with Crippen LogP contribution in [0.4, 0.5) is 18.0 Å². The molecule has 2 amide bonds. The van der Waals surface area contributed by atoms with Gasteiger partial charge in [-0.25, -0.2) is 14.9 Å². The number of alkyl carbamates (subject to hydrolysis) is 1. The molecule has 0 radical (unpaired) electrons. The molecule has 2 fully saturated rings. The second kappa shape index (κ2) is 10.5. The van der Waals surface area contributed by atoms with Crippen molar-refractivity contribution in [1.29, 1.82) is 0 Å². The monoisotopic (exact) mass is 461 g/mol. The zero-order chi connectivity index (χ0) is 23.3. The Hall–Kier alpha value is -2.41. The molecule has 1 aliphatic heterocycles. The van der Waals surface area contributed by atoms with Crippen LogP contribution in [0.5, 0.6) is 0 Å². The summed E-state index contributed by atoms with van der Waals surface area (Å²) in [6.07, 6.45) is -0.352. The fourth-order valence-corrected chi connectivity index (χ4v) is 4.01. The van der Waals surface area contributed by atoms with E-state index in [1.807, 2.05) is 13.8 Å². The zero-order valence-corrected chi connectivity index (χ0v) is 18.1. The lowest BCUT2D eigenvalue weighted by atomic mass is 9.96. The first-order valence-corrected chi connectivity index (χ1v) is 10.8. The highest BCUT2D eigenvalue weighted by atomic mass is 19.4. The Balaban J connectivity index is 1.38. The van der Waals surface area contributed by atoms with Crippen molar-refractivity contribution < 1.29 is 27.5 Å². The van der Waals surface area contributed by atoms with Gasteiger partial charge in [-0.1, -0.05) is 12.1 Å². The third kappa shape index (κ3) is 7.33. The van der Waals surface area contributed by atoms with E-state index in [9.17, 15) is 22.8 Å². The second-order valence-corrected chi connectivity index (χ2v) is 8.50. The lowest BCUT2D eigenvalue weighted by Gasteiger charge is -2.19. The van der Waals surface area contributed by atoms with Crippen molar-refractivity contribution in [2.45, 2.75) is 89.4 Å². The summed E-state index contributed by atoms with van der Waals surface area (Å²) in [7, 11) is 0. The van der Waals surface area contributed by atoms with E-state index in [1.54, 1.807) is 0 Å². The van der Waals surface area contributed by atoms with Crippen molar-refractivity contribution in [2.75, 3.05) is 0 Å². The number of alkyl halides is 3. The van der Waals surface area contributed by atoms with Crippen LogP contribution in [0.2, 0.25) is 0 Å². The Morgan fingerprint density at radius 2 is 2.09 bits per heavy atom. The fourth-order valence-electron chi connectivity index (χ4n) is 4.01. The van der Waals surface area contributed by atoms with Crippen LogP contribution in [-0.4, -0.2) is 57.5 Å². The molecule has 0 aromatic carbocycles. The number of hydrazine groups is 1. The summed E-state index contributed by atoms with van der Waals surface area (Å²) in [5.74, 6) is -0.0635. The summed E-state index contributed by atoms with van der Waals surface area (Å²) in [5, 5.41) is 12.6. The van der Waals surface area contributed by atoms with Crippen LogP contribution < -0.4 is 21.5 Å². The number of ether oxygens (including phenoxy) is 1. The van der Waals surface area contributed by atoms with Gasteiger partial charge in [0.05, 0.1) is 18.3 Å². The first kappa shape index (κ1) is 24.2. The van der Waals surface area contributed by atoms with Gasteiger partial charge in [-0.15, -0.1) is 5.10 Å². The Labute approximate surface area is 184 Å². The van der Waals surface area contributed by atoms with Crippen LogP contribution in [0.3, 0.4) is 0 Å². The van der Waals surface area contributed by atoms with Crippen LogP contribution in [-0.2, 0) is 22.5 Å². The predicted octanol–water partition coefficient (Wildman–Crippen LogP) is 1.39. The van der Waals surface area contributed by atoms with E-state index in [4.69, 9.17) is 4.74 Å². The van der Waals surface area contributed by atoms with Gasteiger partial charge in [0.15, 0.2) is 0 Å². The van der Waals surface area contributed by atoms with Crippen LogP contribution in [0, 0.1) is 5.92 Å². The highest BCUT2D eigenvalue weighted by Gasteiger charge is 2.37. The Morgan fingerprint density at radius 1 is 1.31 bits per heavy atom. The van der Waals surface area contributed by atoms with Crippen LogP contribution in [0.15, 0.2) is 6.20 Å². The van der Waals surface area contributed by atoms with Crippen LogP contribution >= 0.6 is 0 Å². The number of carbonyl (C=O) groups excluding carboxylic acids is 2. The van der Waals surface area contributed by atoms with E-state index < -0.39 is 12.7 Å². The van der Waals surface area contributed by atoms with Gasteiger partial charge in [0.2, 0.25) is 5.91 Å². The molecule has 1 aromatic heterocycles. The normalized spacial score (nSPS) is 26.7. The molecule has 2 aliphatic rings. The minimum Gasteiger partial charge on any atom is -0.446 e. The van der Waals surface area contributed by atoms with E-state index in [0.29, 0.717) is 17.0 Å². The molecule has 3 rings (SSSR count). The second-order valence-electron chi connectivity index (χ2n) is 8.50. The maximum atomic E-state index is 12.4. The molecule has 32 heavy (non-hydrogen) atoms. The summed E-state index contributed by atoms with van der Waals surface area (Å²) in [5.41, 5.74) is 6.39. The first-order valence-electron chi connectivity index (χ1n) is 10.8. The average Bonchev–Trinajstić information content (AvgIpc) is 3.42. The molecule has 1 saturated heterocycles. The first-order chi connectivity index (χ1) is 15.1. The lowest BCUT2D eigenvalue weighted by Crippen LogP contribution is -2.45. The molecular weight excluding hydrogens is 431 g/mol. The molecule has 180 valence electrons.